The molecule has 140 valence electrons. The monoisotopic (exact) mass is 350 g/mol. The molecular formula is C18H38O4S. The van der Waals surface area contributed by atoms with Crippen molar-refractivity contribution in [1.29, 1.82) is 0 Å². The average Bonchev–Trinajstić information content (AvgIpc) is 2.46. The predicted molar refractivity (Wildman–Crippen MR) is 97.3 cm³/mol. The lowest BCUT2D eigenvalue weighted by Gasteiger charge is -2.13. The highest BCUT2D eigenvalue weighted by atomic mass is 32.2. The summed E-state index contributed by atoms with van der Waals surface area (Å²) in [6.45, 7) is 3.88. The first-order chi connectivity index (χ1) is 10.9. The molecule has 0 rings (SSSR count). The molecule has 0 fully saturated rings. The van der Waals surface area contributed by atoms with E-state index in [9.17, 15) is 13.0 Å². The van der Waals surface area contributed by atoms with Crippen LogP contribution in [0.4, 0.5) is 0 Å². The fourth-order valence-corrected chi connectivity index (χ4v) is 3.85. The van der Waals surface area contributed by atoms with E-state index in [1.807, 2.05) is 13.8 Å². The molecule has 4 nitrogen and oxygen atoms in total. The molecule has 2 N–H and O–H groups in total. The third kappa shape index (κ3) is 15.2. The number of hydrogen-bond acceptors (Lipinski definition) is 3. The minimum Gasteiger partial charge on any atom is -0.393 e. The molecule has 0 aliphatic carbocycles. The van der Waals surface area contributed by atoms with Gasteiger partial charge in [-0.05, 0) is 26.2 Å². The van der Waals surface area contributed by atoms with E-state index in [-0.39, 0.29) is 6.10 Å². The summed E-state index contributed by atoms with van der Waals surface area (Å²) >= 11 is 0. The molecule has 0 aliphatic rings. The van der Waals surface area contributed by atoms with Crippen molar-refractivity contribution in [2.75, 3.05) is 0 Å². The Balaban J connectivity index is 3.49. The van der Waals surface area contributed by atoms with Gasteiger partial charge in [-0.1, -0.05) is 77.6 Å². The van der Waals surface area contributed by atoms with Crippen molar-refractivity contribution < 1.29 is 18.1 Å². The summed E-state index contributed by atoms with van der Waals surface area (Å²) in [6.07, 6.45) is 14.1. The maximum Gasteiger partial charge on any atom is 0.267 e. The van der Waals surface area contributed by atoms with E-state index in [4.69, 9.17) is 5.11 Å². The van der Waals surface area contributed by atoms with E-state index < -0.39 is 15.4 Å². The molecule has 0 saturated carbocycles. The summed E-state index contributed by atoms with van der Waals surface area (Å²) in [7, 11) is -3.87. The van der Waals surface area contributed by atoms with Gasteiger partial charge in [-0.3, -0.25) is 4.55 Å². The summed E-state index contributed by atoms with van der Waals surface area (Å²) in [6, 6.07) is 0. The molecule has 0 aliphatic heterocycles. The minimum absolute atomic E-state index is 0.168. The molecule has 0 aromatic rings. The molecule has 0 aromatic carbocycles. The van der Waals surface area contributed by atoms with E-state index in [1.165, 1.54) is 32.1 Å². The number of rotatable bonds is 16. The third-order valence-corrected chi connectivity index (χ3v) is 5.76. The maximum atomic E-state index is 11.3. The van der Waals surface area contributed by atoms with Gasteiger partial charge in [-0.25, -0.2) is 0 Å². The van der Waals surface area contributed by atoms with Crippen molar-refractivity contribution >= 4 is 10.1 Å². The SMILES string of the molecule is CCCCC(CCCCCCCCCCCC(C)O)S(=O)(=O)O. The van der Waals surface area contributed by atoms with Crippen LogP contribution in [-0.2, 0) is 10.1 Å². The topological polar surface area (TPSA) is 74.6 Å². The lowest BCUT2D eigenvalue weighted by Crippen LogP contribution is -2.20. The quantitative estimate of drug-likeness (QED) is 0.300. The Bertz CT molecular complexity index is 352. The van der Waals surface area contributed by atoms with Gasteiger partial charge < -0.3 is 5.11 Å². The smallest absolute Gasteiger partial charge is 0.267 e. The number of aliphatic hydroxyl groups excluding tert-OH is 1. The van der Waals surface area contributed by atoms with E-state index in [2.05, 4.69) is 0 Å². The Hall–Kier alpha value is -0.130. The van der Waals surface area contributed by atoms with Gasteiger partial charge in [0.05, 0.1) is 11.4 Å². The maximum absolute atomic E-state index is 11.3. The van der Waals surface area contributed by atoms with E-state index in [0.29, 0.717) is 12.8 Å². The molecule has 0 spiro atoms. The minimum atomic E-state index is -3.87. The first-order valence-electron chi connectivity index (χ1n) is 9.52. The largest absolute Gasteiger partial charge is 0.393 e. The average molecular weight is 351 g/mol. The van der Waals surface area contributed by atoms with Crippen molar-refractivity contribution in [1.82, 2.24) is 0 Å². The highest BCUT2D eigenvalue weighted by Crippen LogP contribution is 2.18. The van der Waals surface area contributed by atoms with Crippen LogP contribution in [0.1, 0.15) is 104 Å². The van der Waals surface area contributed by atoms with Crippen molar-refractivity contribution in [2.24, 2.45) is 0 Å². The highest BCUT2D eigenvalue weighted by molar-refractivity contribution is 7.86. The van der Waals surface area contributed by atoms with Crippen LogP contribution in [-0.4, -0.2) is 29.4 Å². The first kappa shape index (κ1) is 22.9. The predicted octanol–water partition coefficient (Wildman–Crippen LogP) is 5.10. The fraction of sp³-hybridized carbons (Fsp3) is 1.00. The summed E-state index contributed by atoms with van der Waals surface area (Å²) in [5, 5.41) is 8.60. The normalized spacial score (nSPS) is 14.8. The van der Waals surface area contributed by atoms with Crippen molar-refractivity contribution in [3.63, 3.8) is 0 Å². The number of unbranched alkanes of at least 4 members (excludes halogenated alkanes) is 9. The molecule has 5 heteroatoms. The first-order valence-corrected chi connectivity index (χ1v) is 11.0. The van der Waals surface area contributed by atoms with Gasteiger partial charge in [0.15, 0.2) is 0 Å². The Morgan fingerprint density at radius 3 is 1.52 bits per heavy atom. The van der Waals surface area contributed by atoms with Crippen LogP contribution in [0.2, 0.25) is 0 Å². The number of hydrogen-bond donors (Lipinski definition) is 2. The second-order valence-corrected chi connectivity index (χ2v) is 8.58. The summed E-state index contributed by atoms with van der Waals surface area (Å²) in [5.41, 5.74) is 0. The molecule has 2 atom stereocenters. The van der Waals surface area contributed by atoms with Gasteiger partial charge in [-0.2, -0.15) is 8.42 Å². The van der Waals surface area contributed by atoms with Crippen LogP contribution in [0, 0.1) is 0 Å². The Morgan fingerprint density at radius 2 is 1.13 bits per heavy atom. The number of aliphatic hydroxyl groups is 1. The van der Waals surface area contributed by atoms with Crippen LogP contribution >= 0.6 is 0 Å². The molecule has 2 unspecified atom stereocenters. The molecule has 0 bridgehead atoms. The van der Waals surface area contributed by atoms with Gasteiger partial charge in [-0.15, -0.1) is 0 Å². The second-order valence-electron chi connectivity index (χ2n) is 6.89. The lowest BCUT2D eigenvalue weighted by molar-refractivity contribution is 0.180. The highest BCUT2D eigenvalue weighted by Gasteiger charge is 2.21. The van der Waals surface area contributed by atoms with Gasteiger partial charge >= 0.3 is 0 Å². The zero-order valence-corrected chi connectivity index (χ0v) is 16.0. The van der Waals surface area contributed by atoms with E-state index in [0.717, 1.165) is 44.9 Å². The summed E-state index contributed by atoms with van der Waals surface area (Å²) < 4.78 is 31.9. The van der Waals surface area contributed by atoms with Crippen LogP contribution in [0.5, 0.6) is 0 Å². The van der Waals surface area contributed by atoms with Gasteiger partial charge in [0, 0.05) is 0 Å². The van der Waals surface area contributed by atoms with Gasteiger partial charge in [0.25, 0.3) is 10.1 Å². The molecule has 23 heavy (non-hydrogen) atoms. The van der Waals surface area contributed by atoms with Crippen molar-refractivity contribution in [3.05, 3.63) is 0 Å². The second kappa shape index (κ2) is 14.2. The van der Waals surface area contributed by atoms with E-state index in [1.54, 1.807) is 0 Å². The molecule has 0 radical (unpaired) electrons. The molecule has 0 amide bonds. The molecular weight excluding hydrogens is 312 g/mol. The Kier molecular flexibility index (Phi) is 14.2. The van der Waals surface area contributed by atoms with Gasteiger partial charge in [0.1, 0.15) is 0 Å². The summed E-state index contributed by atoms with van der Waals surface area (Å²) in [5.74, 6) is 0. The third-order valence-electron chi connectivity index (χ3n) is 4.45. The van der Waals surface area contributed by atoms with Crippen LogP contribution in [0.25, 0.3) is 0 Å². The van der Waals surface area contributed by atoms with Gasteiger partial charge in [0.2, 0.25) is 0 Å². The lowest BCUT2D eigenvalue weighted by atomic mass is 10.0. The van der Waals surface area contributed by atoms with Crippen LogP contribution < -0.4 is 0 Å². The Labute approximate surface area is 143 Å². The molecule has 0 heterocycles. The van der Waals surface area contributed by atoms with Crippen LogP contribution in [0.15, 0.2) is 0 Å². The van der Waals surface area contributed by atoms with Crippen molar-refractivity contribution in [3.8, 4) is 0 Å². The van der Waals surface area contributed by atoms with Crippen molar-refractivity contribution in [2.45, 2.75) is 115 Å². The Morgan fingerprint density at radius 1 is 0.739 bits per heavy atom. The molecule has 0 saturated heterocycles. The van der Waals surface area contributed by atoms with E-state index >= 15 is 0 Å². The zero-order valence-electron chi connectivity index (χ0n) is 15.2. The fourth-order valence-electron chi connectivity index (χ4n) is 2.92. The molecule has 0 aromatic heterocycles. The standard InChI is InChI=1S/C18H38O4S/c1-3-4-15-18(23(20,21)22)16-13-11-9-7-5-6-8-10-12-14-17(2)19/h17-19H,3-16H2,1-2H3,(H,20,21,22). The van der Waals surface area contributed by atoms with Crippen LogP contribution in [0.3, 0.4) is 0 Å². The summed E-state index contributed by atoms with van der Waals surface area (Å²) in [4.78, 5) is 0. The zero-order chi connectivity index (χ0) is 17.6.